The molecule has 1 fully saturated rings. The summed E-state index contributed by atoms with van der Waals surface area (Å²) < 4.78 is 6.25. The number of nitrogens with one attached hydrogen (secondary N) is 1. The molecule has 0 heterocycles. The lowest BCUT2D eigenvalue weighted by Crippen LogP contribution is -2.51. The maximum absolute atomic E-state index is 9.65. The summed E-state index contributed by atoms with van der Waals surface area (Å²) in [5, 5.41) is 13.1. The number of aliphatic hydroxyl groups is 1. The van der Waals surface area contributed by atoms with Gasteiger partial charge in [0.25, 0.3) is 0 Å². The standard InChI is InChI=1S/C17H35NO2/c1-6-15-8-7-9-16(10-15)20-14(4)11-17(5,12-19)18-13(2)3/h13-16,18-19H,6-12H2,1-5H3. The predicted octanol–water partition coefficient (Wildman–Crippen LogP) is 3.50. The largest absolute Gasteiger partial charge is 0.394 e. The van der Waals surface area contributed by atoms with Crippen LogP contribution in [0.15, 0.2) is 0 Å². The molecule has 0 aromatic carbocycles. The molecule has 1 aliphatic carbocycles. The van der Waals surface area contributed by atoms with Gasteiger partial charge in [0.2, 0.25) is 0 Å². The van der Waals surface area contributed by atoms with Crippen molar-refractivity contribution in [1.82, 2.24) is 5.32 Å². The van der Waals surface area contributed by atoms with E-state index < -0.39 is 0 Å². The molecule has 1 rings (SSSR count). The Balaban J connectivity index is 2.43. The van der Waals surface area contributed by atoms with Gasteiger partial charge < -0.3 is 15.2 Å². The SMILES string of the molecule is CCC1CCCC(OC(C)CC(C)(CO)NC(C)C)C1. The molecule has 0 spiro atoms. The van der Waals surface area contributed by atoms with Gasteiger partial charge in [0.15, 0.2) is 0 Å². The van der Waals surface area contributed by atoms with Crippen molar-refractivity contribution in [2.75, 3.05) is 6.61 Å². The predicted molar refractivity (Wildman–Crippen MR) is 85.0 cm³/mol. The van der Waals surface area contributed by atoms with Crippen LogP contribution in [0.5, 0.6) is 0 Å². The van der Waals surface area contributed by atoms with Gasteiger partial charge in [-0.3, -0.25) is 0 Å². The van der Waals surface area contributed by atoms with Crippen LogP contribution in [0.4, 0.5) is 0 Å². The second-order valence-electron chi connectivity index (χ2n) is 7.23. The second kappa shape index (κ2) is 8.35. The molecule has 20 heavy (non-hydrogen) atoms. The lowest BCUT2D eigenvalue weighted by atomic mass is 9.85. The average molecular weight is 285 g/mol. The third-order valence-corrected chi connectivity index (χ3v) is 4.46. The summed E-state index contributed by atoms with van der Waals surface area (Å²) in [6, 6.07) is 0.374. The molecule has 0 aromatic rings. The molecule has 0 aliphatic heterocycles. The maximum Gasteiger partial charge on any atom is 0.0611 e. The molecule has 0 saturated heterocycles. The molecule has 120 valence electrons. The molecule has 2 N–H and O–H groups in total. The highest BCUT2D eigenvalue weighted by atomic mass is 16.5. The Morgan fingerprint density at radius 1 is 1.30 bits per heavy atom. The van der Waals surface area contributed by atoms with Crippen LogP contribution in [0.25, 0.3) is 0 Å². The fourth-order valence-electron chi connectivity index (χ4n) is 3.61. The first-order chi connectivity index (χ1) is 9.38. The van der Waals surface area contributed by atoms with Crippen LogP contribution >= 0.6 is 0 Å². The van der Waals surface area contributed by atoms with Crippen LogP contribution in [-0.4, -0.2) is 35.5 Å². The van der Waals surface area contributed by atoms with Crippen molar-refractivity contribution in [2.24, 2.45) is 5.92 Å². The van der Waals surface area contributed by atoms with Gasteiger partial charge in [0, 0.05) is 11.6 Å². The molecule has 1 aliphatic rings. The zero-order valence-corrected chi connectivity index (χ0v) is 14.1. The average Bonchev–Trinajstić information content (AvgIpc) is 2.37. The van der Waals surface area contributed by atoms with Crippen LogP contribution < -0.4 is 5.32 Å². The van der Waals surface area contributed by atoms with Crippen LogP contribution in [-0.2, 0) is 4.74 Å². The van der Waals surface area contributed by atoms with Gasteiger partial charge in [-0.15, -0.1) is 0 Å². The van der Waals surface area contributed by atoms with Crippen LogP contribution in [0.3, 0.4) is 0 Å². The van der Waals surface area contributed by atoms with Crippen molar-refractivity contribution in [2.45, 2.75) is 96.9 Å². The minimum Gasteiger partial charge on any atom is -0.394 e. The molecule has 1 saturated carbocycles. The topological polar surface area (TPSA) is 41.5 Å². The monoisotopic (exact) mass is 285 g/mol. The van der Waals surface area contributed by atoms with E-state index in [-0.39, 0.29) is 18.2 Å². The highest BCUT2D eigenvalue weighted by Crippen LogP contribution is 2.30. The summed E-state index contributed by atoms with van der Waals surface area (Å²) in [4.78, 5) is 0. The van der Waals surface area contributed by atoms with Crippen LogP contribution in [0.2, 0.25) is 0 Å². The van der Waals surface area contributed by atoms with Crippen molar-refractivity contribution in [3.05, 3.63) is 0 Å². The Morgan fingerprint density at radius 2 is 2.00 bits per heavy atom. The van der Waals surface area contributed by atoms with Gasteiger partial charge in [0.1, 0.15) is 0 Å². The zero-order valence-electron chi connectivity index (χ0n) is 14.1. The first kappa shape index (κ1) is 17.9. The quantitative estimate of drug-likeness (QED) is 0.717. The van der Waals surface area contributed by atoms with Crippen molar-refractivity contribution >= 4 is 0 Å². The highest BCUT2D eigenvalue weighted by Gasteiger charge is 2.29. The molecule has 3 nitrogen and oxygen atoms in total. The number of ether oxygens (including phenoxy) is 1. The van der Waals surface area contributed by atoms with Gasteiger partial charge in [0.05, 0.1) is 18.8 Å². The molecule has 0 amide bonds. The van der Waals surface area contributed by atoms with E-state index in [0.717, 1.165) is 12.3 Å². The maximum atomic E-state index is 9.65. The minimum atomic E-state index is -0.244. The van der Waals surface area contributed by atoms with E-state index in [1.54, 1.807) is 0 Å². The Kier molecular flexibility index (Phi) is 7.49. The van der Waals surface area contributed by atoms with Crippen molar-refractivity contribution in [3.8, 4) is 0 Å². The van der Waals surface area contributed by atoms with Crippen LogP contribution in [0.1, 0.15) is 73.1 Å². The van der Waals surface area contributed by atoms with Gasteiger partial charge in [-0.1, -0.05) is 40.0 Å². The van der Waals surface area contributed by atoms with Crippen molar-refractivity contribution in [3.63, 3.8) is 0 Å². The summed E-state index contributed by atoms with van der Waals surface area (Å²) in [7, 11) is 0. The number of hydrogen-bond donors (Lipinski definition) is 2. The number of hydrogen-bond acceptors (Lipinski definition) is 3. The van der Waals surface area contributed by atoms with Crippen molar-refractivity contribution < 1.29 is 9.84 Å². The Morgan fingerprint density at radius 3 is 2.55 bits per heavy atom. The molecular formula is C17H35NO2. The van der Waals surface area contributed by atoms with Crippen molar-refractivity contribution in [1.29, 1.82) is 0 Å². The van der Waals surface area contributed by atoms with E-state index in [0.29, 0.717) is 12.1 Å². The molecule has 3 heteroatoms. The molecular weight excluding hydrogens is 250 g/mol. The Bertz CT molecular complexity index is 270. The summed E-state index contributed by atoms with van der Waals surface area (Å²) in [5.74, 6) is 0.846. The van der Waals surface area contributed by atoms with Gasteiger partial charge >= 0.3 is 0 Å². The molecule has 4 unspecified atom stereocenters. The van der Waals surface area contributed by atoms with Gasteiger partial charge in [-0.2, -0.15) is 0 Å². The Labute approximate surface area is 125 Å². The molecule has 4 atom stereocenters. The molecule has 0 radical (unpaired) electrons. The third kappa shape index (κ3) is 6.11. The number of rotatable bonds is 8. The Hall–Kier alpha value is -0.120. The normalized spacial score (nSPS) is 28.4. The highest BCUT2D eigenvalue weighted by molar-refractivity contribution is 4.86. The summed E-state index contributed by atoms with van der Waals surface area (Å²) >= 11 is 0. The van der Waals surface area contributed by atoms with Gasteiger partial charge in [-0.25, -0.2) is 0 Å². The zero-order chi connectivity index (χ0) is 15.2. The van der Waals surface area contributed by atoms with Crippen LogP contribution in [0, 0.1) is 5.92 Å². The van der Waals surface area contributed by atoms with E-state index in [9.17, 15) is 5.11 Å². The second-order valence-corrected chi connectivity index (χ2v) is 7.23. The third-order valence-electron chi connectivity index (χ3n) is 4.46. The molecule has 0 aromatic heterocycles. The first-order valence-electron chi connectivity index (χ1n) is 8.42. The fourth-order valence-corrected chi connectivity index (χ4v) is 3.61. The van der Waals surface area contributed by atoms with E-state index in [1.165, 1.54) is 32.1 Å². The lowest BCUT2D eigenvalue weighted by Gasteiger charge is -2.36. The van der Waals surface area contributed by atoms with E-state index >= 15 is 0 Å². The summed E-state index contributed by atoms with van der Waals surface area (Å²) in [5.41, 5.74) is -0.244. The minimum absolute atomic E-state index is 0.154. The number of aliphatic hydroxyl groups excluding tert-OH is 1. The van der Waals surface area contributed by atoms with E-state index in [4.69, 9.17) is 4.74 Å². The van der Waals surface area contributed by atoms with E-state index in [1.807, 2.05) is 0 Å². The summed E-state index contributed by atoms with van der Waals surface area (Å²) in [6.07, 6.45) is 7.84. The molecule has 0 bridgehead atoms. The fraction of sp³-hybridized carbons (Fsp3) is 1.00. The first-order valence-corrected chi connectivity index (χ1v) is 8.42. The smallest absolute Gasteiger partial charge is 0.0611 e. The van der Waals surface area contributed by atoms with E-state index in [2.05, 4.69) is 39.9 Å². The summed E-state index contributed by atoms with van der Waals surface area (Å²) in [6.45, 7) is 10.9. The lowest BCUT2D eigenvalue weighted by molar-refractivity contribution is -0.0496. The van der Waals surface area contributed by atoms with Gasteiger partial charge in [-0.05, 0) is 39.0 Å².